The molecule has 0 N–H and O–H groups in total. The van der Waals surface area contributed by atoms with Crippen molar-refractivity contribution < 1.29 is 14.3 Å². The third kappa shape index (κ3) is 2.36. The molecule has 2 heterocycles. The molecule has 0 aliphatic rings. The van der Waals surface area contributed by atoms with Gasteiger partial charge in [0.1, 0.15) is 7.85 Å². The topological polar surface area (TPSA) is 52.8 Å². The highest BCUT2D eigenvalue weighted by atomic mass is 16.5. The molecule has 0 aliphatic carbocycles. The van der Waals surface area contributed by atoms with E-state index in [1.165, 1.54) is 6.20 Å². The zero-order valence-electron chi connectivity index (χ0n) is 11.2. The van der Waals surface area contributed by atoms with Gasteiger partial charge in [-0.3, -0.25) is 0 Å². The van der Waals surface area contributed by atoms with Crippen molar-refractivity contribution in [2.24, 2.45) is 0 Å². The molecule has 0 amide bonds. The SMILES string of the molecule is [B]c1ccn2ncc(C(=O)OCC)c(C(C)OC)c12. The van der Waals surface area contributed by atoms with E-state index in [0.717, 1.165) is 0 Å². The summed E-state index contributed by atoms with van der Waals surface area (Å²) in [5, 5.41) is 4.16. The summed E-state index contributed by atoms with van der Waals surface area (Å²) < 4.78 is 12.0. The van der Waals surface area contributed by atoms with Crippen LogP contribution in [0.1, 0.15) is 35.9 Å². The first-order valence-electron chi connectivity index (χ1n) is 6.05. The average molecular weight is 258 g/mol. The van der Waals surface area contributed by atoms with Crippen LogP contribution in [0.25, 0.3) is 5.52 Å². The normalized spacial score (nSPS) is 12.6. The third-order valence-corrected chi connectivity index (χ3v) is 3.01. The molecule has 2 aromatic rings. The molecule has 2 rings (SSSR count). The molecule has 98 valence electrons. The minimum absolute atomic E-state index is 0.290. The van der Waals surface area contributed by atoms with Gasteiger partial charge in [0, 0.05) is 18.9 Å². The molecule has 19 heavy (non-hydrogen) atoms. The van der Waals surface area contributed by atoms with Crippen LogP contribution in [0.4, 0.5) is 0 Å². The van der Waals surface area contributed by atoms with E-state index >= 15 is 0 Å². The molecule has 0 fully saturated rings. The van der Waals surface area contributed by atoms with Gasteiger partial charge in [-0.1, -0.05) is 5.46 Å². The molecule has 0 spiro atoms. The summed E-state index contributed by atoms with van der Waals surface area (Å²) in [5.74, 6) is -0.419. The number of rotatable bonds is 4. The van der Waals surface area contributed by atoms with Crippen LogP contribution in [0, 0.1) is 0 Å². The molecule has 5 nitrogen and oxygen atoms in total. The van der Waals surface area contributed by atoms with Gasteiger partial charge < -0.3 is 9.47 Å². The Kier molecular flexibility index (Phi) is 3.90. The standard InChI is InChI=1S/C13H15BN2O3/c1-4-19-13(17)9-7-15-16-6-5-10(14)12(16)11(9)8(2)18-3/h5-8H,4H2,1-3H3. The minimum atomic E-state index is -0.419. The zero-order valence-corrected chi connectivity index (χ0v) is 11.2. The number of carbonyl (C=O) groups is 1. The lowest BCUT2D eigenvalue weighted by Crippen LogP contribution is -2.16. The van der Waals surface area contributed by atoms with E-state index < -0.39 is 5.97 Å². The molecular formula is C13H15BN2O3. The largest absolute Gasteiger partial charge is 0.462 e. The first-order valence-corrected chi connectivity index (χ1v) is 6.05. The fourth-order valence-electron chi connectivity index (χ4n) is 2.03. The Hall–Kier alpha value is -1.82. The first-order chi connectivity index (χ1) is 9.10. The van der Waals surface area contributed by atoms with E-state index in [0.29, 0.717) is 28.7 Å². The van der Waals surface area contributed by atoms with Crippen LogP contribution in [0.15, 0.2) is 18.5 Å². The Morgan fingerprint density at radius 1 is 1.58 bits per heavy atom. The fraction of sp³-hybridized carbons (Fsp3) is 0.385. The van der Waals surface area contributed by atoms with Gasteiger partial charge in [-0.15, -0.1) is 0 Å². The zero-order chi connectivity index (χ0) is 14.0. The number of hydrogen-bond acceptors (Lipinski definition) is 4. The van der Waals surface area contributed by atoms with Crippen LogP contribution >= 0.6 is 0 Å². The number of aromatic nitrogens is 2. The molecule has 1 atom stereocenters. The van der Waals surface area contributed by atoms with Crippen molar-refractivity contribution in [1.82, 2.24) is 9.61 Å². The predicted octanol–water partition coefficient (Wildman–Crippen LogP) is 1.01. The Bertz CT molecular complexity index is 609. The van der Waals surface area contributed by atoms with Gasteiger partial charge in [-0.05, 0) is 19.9 Å². The van der Waals surface area contributed by atoms with Gasteiger partial charge in [-0.2, -0.15) is 5.10 Å². The maximum atomic E-state index is 12.0. The third-order valence-electron chi connectivity index (χ3n) is 3.01. The number of hydrogen-bond donors (Lipinski definition) is 0. The van der Waals surface area contributed by atoms with Crippen LogP contribution in [-0.2, 0) is 9.47 Å². The number of nitrogens with zero attached hydrogens (tertiary/aromatic N) is 2. The van der Waals surface area contributed by atoms with Crippen molar-refractivity contribution in [2.45, 2.75) is 20.0 Å². The van der Waals surface area contributed by atoms with Gasteiger partial charge in [0.05, 0.1) is 30.0 Å². The molecule has 0 aromatic carbocycles. The smallest absolute Gasteiger partial charge is 0.340 e. The first kappa shape index (κ1) is 13.6. The Labute approximate surface area is 112 Å². The van der Waals surface area contributed by atoms with E-state index in [-0.39, 0.29) is 6.10 Å². The summed E-state index contributed by atoms with van der Waals surface area (Å²) in [6.45, 7) is 3.92. The number of esters is 1. The van der Waals surface area contributed by atoms with Gasteiger partial charge in [0.25, 0.3) is 0 Å². The van der Waals surface area contributed by atoms with Gasteiger partial charge in [-0.25, -0.2) is 9.31 Å². The van der Waals surface area contributed by atoms with Crippen molar-refractivity contribution in [1.29, 1.82) is 0 Å². The van der Waals surface area contributed by atoms with Crippen molar-refractivity contribution in [3.8, 4) is 0 Å². The fourth-order valence-corrected chi connectivity index (χ4v) is 2.03. The van der Waals surface area contributed by atoms with Crippen molar-refractivity contribution in [3.05, 3.63) is 29.6 Å². The van der Waals surface area contributed by atoms with E-state index in [4.69, 9.17) is 17.3 Å². The van der Waals surface area contributed by atoms with Gasteiger partial charge in [0.15, 0.2) is 0 Å². The van der Waals surface area contributed by atoms with Gasteiger partial charge >= 0.3 is 5.97 Å². The summed E-state index contributed by atoms with van der Waals surface area (Å²) >= 11 is 0. The molecule has 2 radical (unpaired) electrons. The summed E-state index contributed by atoms with van der Waals surface area (Å²) in [4.78, 5) is 12.0. The quantitative estimate of drug-likeness (QED) is 0.606. The summed E-state index contributed by atoms with van der Waals surface area (Å²) in [5.41, 5.74) is 2.31. The minimum Gasteiger partial charge on any atom is -0.462 e. The maximum Gasteiger partial charge on any atom is 0.340 e. The lowest BCUT2D eigenvalue weighted by molar-refractivity contribution is 0.0515. The predicted molar refractivity (Wildman–Crippen MR) is 72.0 cm³/mol. The highest BCUT2D eigenvalue weighted by molar-refractivity contribution is 6.37. The second kappa shape index (κ2) is 5.44. The second-order valence-electron chi connectivity index (χ2n) is 4.13. The highest BCUT2D eigenvalue weighted by Crippen LogP contribution is 2.24. The molecule has 2 aromatic heterocycles. The van der Waals surface area contributed by atoms with E-state index in [1.807, 2.05) is 6.92 Å². The van der Waals surface area contributed by atoms with Crippen molar-refractivity contribution >= 4 is 24.8 Å². The molecule has 0 bridgehead atoms. The number of methoxy groups -OCH3 is 1. The molecule has 1 unspecified atom stereocenters. The number of fused-ring (bicyclic) bond motifs is 1. The molecule has 6 heteroatoms. The van der Waals surface area contributed by atoms with Gasteiger partial charge in [0.2, 0.25) is 0 Å². The van der Waals surface area contributed by atoms with E-state index in [2.05, 4.69) is 5.10 Å². The number of carbonyl (C=O) groups excluding carboxylic acids is 1. The van der Waals surface area contributed by atoms with E-state index in [1.54, 1.807) is 30.8 Å². The van der Waals surface area contributed by atoms with Crippen LogP contribution in [0.3, 0.4) is 0 Å². The Morgan fingerprint density at radius 3 is 2.95 bits per heavy atom. The van der Waals surface area contributed by atoms with Crippen LogP contribution in [0.5, 0.6) is 0 Å². The average Bonchev–Trinajstić information content (AvgIpc) is 2.79. The monoisotopic (exact) mass is 258 g/mol. The van der Waals surface area contributed by atoms with Crippen molar-refractivity contribution in [3.63, 3.8) is 0 Å². The highest BCUT2D eigenvalue weighted by Gasteiger charge is 2.22. The number of ether oxygens (including phenoxy) is 2. The Balaban J connectivity index is 2.69. The van der Waals surface area contributed by atoms with Crippen LogP contribution in [0.2, 0.25) is 0 Å². The lowest BCUT2D eigenvalue weighted by Gasteiger charge is -2.16. The van der Waals surface area contributed by atoms with Crippen molar-refractivity contribution in [2.75, 3.05) is 13.7 Å². The Morgan fingerprint density at radius 2 is 2.32 bits per heavy atom. The second-order valence-corrected chi connectivity index (χ2v) is 4.13. The maximum absolute atomic E-state index is 12.0. The van der Waals surface area contributed by atoms with Crippen LogP contribution < -0.4 is 5.46 Å². The molecule has 0 saturated heterocycles. The summed E-state index contributed by atoms with van der Waals surface area (Å²) in [7, 11) is 7.52. The van der Waals surface area contributed by atoms with Crippen LogP contribution in [-0.4, -0.2) is 37.1 Å². The van der Waals surface area contributed by atoms with E-state index in [9.17, 15) is 4.79 Å². The molecule has 0 saturated carbocycles. The summed E-state index contributed by atoms with van der Waals surface area (Å²) in [6, 6.07) is 1.74. The lowest BCUT2D eigenvalue weighted by atomic mass is 9.93. The molecule has 0 aliphatic heterocycles. The molecular weight excluding hydrogens is 243 g/mol. The summed E-state index contributed by atoms with van der Waals surface area (Å²) in [6.07, 6.45) is 2.93.